The molecular weight excluding hydrogens is 228 g/mol. The molecule has 1 aliphatic heterocycles. The molecule has 0 bridgehead atoms. The Labute approximate surface area is 87.1 Å². The highest BCUT2D eigenvalue weighted by atomic mass is 79.9. The van der Waals surface area contributed by atoms with Gasteiger partial charge < -0.3 is 4.90 Å². The Morgan fingerprint density at radius 3 is 3.08 bits per heavy atom. The SMILES string of the molecule is Cc1ccnc(N2CCC(Br)C2)c1. The van der Waals surface area contributed by atoms with Gasteiger partial charge in [0.25, 0.3) is 0 Å². The van der Waals surface area contributed by atoms with E-state index in [0.29, 0.717) is 4.83 Å². The summed E-state index contributed by atoms with van der Waals surface area (Å²) in [6, 6.07) is 4.18. The first-order valence-corrected chi connectivity index (χ1v) is 5.49. The molecule has 0 radical (unpaired) electrons. The van der Waals surface area contributed by atoms with E-state index in [1.807, 2.05) is 12.3 Å². The standard InChI is InChI=1S/C10H13BrN2/c1-8-2-4-12-10(6-8)13-5-3-9(11)7-13/h2,4,6,9H,3,5,7H2,1H3. The van der Waals surface area contributed by atoms with Gasteiger partial charge in [-0.15, -0.1) is 0 Å². The summed E-state index contributed by atoms with van der Waals surface area (Å²) in [7, 11) is 0. The lowest BCUT2D eigenvalue weighted by atomic mass is 10.3. The van der Waals surface area contributed by atoms with E-state index >= 15 is 0 Å². The number of alkyl halides is 1. The number of pyridine rings is 1. The lowest BCUT2D eigenvalue weighted by Gasteiger charge is -2.16. The average Bonchev–Trinajstić information content (AvgIpc) is 2.52. The van der Waals surface area contributed by atoms with Crippen LogP contribution >= 0.6 is 15.9 Å². The van der Waals surface area contributed by atoms with E-state index < -0.39 is 0 Å². The van der Waals surface area contributed by atoms with Crippen LogP contribution in [0.15, 0.2) is 18.3 Å². The van der Waals surface area contributed by atoms with E-state index in [1.165, 1.54) is 12.0 Å². The van der Waals surface area contributed by atoms with Crippen LogP contribution in [0.25, 0.3) is 0 Å². The van der Waals surface area contributed by atoms with Crippen LogP contribution in [0.5, 0.6) is 0 Å². The lowest BCUT2D eigenvalue weighted by Crippen LogP contribution is -2.20. The molecule has 0 aromatic carbocycles. The quantitative estimate of drug-likeness (QED) is 0.701. The maximum atomic E-state index is 4.36. The Balaban J connectivity index is 2.16. The Hall–Kier alpha value is -0.570. The summed E-state index contributed by atoms with van der Waals surface area (Å²) in [6.45, 7) is 4.30. The zero-order valence-electron chi connectivity index (χ0n) is 7.70. The molecule has 1 aromatic rings. The first-order valence-electron chi connectivity index (χ1n) is 4.57. The summed E-state index contributed by atoms with van der Waals surface area (Å²) < 4.78 is 0. The number of rotatable bonds is 1. The maximum Gasteiger partial charge on any atom is 0.128 e. The zero-order chi connectivity index (χ0) is 9.26. The summed E-state index contributed by atoms with van der Waals surface area (Å²) >= 11 is 3.63. The van der Waals surface area contributed by atoms with Crippen LogP contribution < -0.4 is 4.90 Å². The molecular formula is C10H13BrN2. The van der Waals surface area contributed by atoms with Crippen molar-refractivity contribution in [3.05, 3.63) is 23.9 Å². The number of aryl methyl sites for hydroxylation is 1. The molecule has 1 unspecified atom stereocenters. The Morgan fingerprint density at radius 1 is 1.62 bits per heavy atom. The van der Waals surface area contributed by atoms with Gasteiger partial charge in [0.15, 0.2) is 0 Å². The minimum atomic E-state index is 0.634. The zero-order valence-corrected chi connectivity index (χ0v) is 9.29. The smallest absolute Gasteiger partial charge is 0.128 e. The van der Waals surface area contributed by atoms with Gasteiger partial charge in [-0.3, -0.25) is 0 Å². The van der Waals surface area contributed by atoms with Gasteiger partial charge in [0.05, 0.1) is 0 Å². The largest absolute Gasteiger partial charge is 0.355 e. The maximum absolute atomic E-state index is 4.36. The molecule has 0 saturated carbocycles. The van der Waals surface area contributed by atoms with Crippen molar-refractivity contribution in [3.63, 3.8) is 0 Å². The van der Waals surface area contributed by atoms with Gasteiger partial charge in [0.2, 0.25) is 0 Å². The van der Waals surface area contributed by atoms with E-state index in [2.05, 4.69) is 38.8 Å². The van der Waals surface area contributed by atoms with Gasteiger partial charge in [-0.1, -0.05) is 15.9 Å². The van der Waals surface area contributed by atoms with Crippen LogP contribution in [0.2, 0.25) is 0 Å². The molecule has 1 saturated heterocycles. The fourth-order valence-electron chi connectivity index (χ4n) is 1.62. The molecule has 13 heavy (non-hydrogen) atoms. The molecule has 2 heterocycles. The van der Waals surface area contributed by atoms with Crippen molar-refractivity contribution in [3.8, 4) is 0 Å². The van der Waals surface area contributed by atoms with Crippen LogP contribution in [0.1, 0.15) is 12.0 Å². The van der Waals surface area contributed by atoms with Crippen molar-refractivity contribution in [2.75, 3.05) is 18.0 Å². The number of hydrogen-bond acceptors (Lipinski definition) is 2. The second kappa shape index (κ2) is 3.66. The minimum absolute atomic E-state index is 0.634. The summed E-state index contributed by atoms with van der Waals surface area (Å²) in [6.07, 6.45) is 3.10. The van der Waals surface area contributed by atoms with E-state index in [9.17, 15) is 0 Å². The van der Waals surface area contributed by atoms with E-state index in [4.69, 9.17) is 0 Å². The summed E-state index contributed by atoms with van der Waals surface area (Å²) in [4.78, 5) is 7.32. The molecule has 1 aliphatic rings. The van der Waals surface area contributed by atoms with Crippen molar-refractivity contribution in [2.24, 2.45) is 0 Å². The third kappa shape index (κ3) is 2.02. The fourth-order valence-corrected chi connectivity index (χ4v) is 2.17. The van der Waals surface area contributed by atoms with Gasteiger partial charge in [-0.05, 0) is 31.0 Å². The number of halogens is 1. The molecule has 3 heteroatoms. The Bertz CT molecular complexity index is 301. The van der Waals surface area contributed by atoms with Crippen LogP contribution in [0.3, 0.4) is 0 Å². The second-order valence-corrected chi connectivity index (χ2v) is 4.82. The number of nitrogens with zero attached hydrogens (tertiary/aromatic N) is 2. The molecule has 70 valence electrons. The predicted molar refractivity (Wildman–Crippen MR) is 58.5 cm³/mol. The van der Waals surface area contributed by atoms with E-state index in [-0.39, 0.29) is 0 Å². The fraction of sp³-hybridized carbons (Fsp3) is 0.500. The topological polar surface area (TPSA) is 16.1 Å². The van der Waals surface area contributed by atoms with Gasteiger partial charge in [0.1, 0.15) is 5.82 Å². The first kappa shape index (κ1) is 9.00. The Morgan fingerprint density at radius 2 is 2.46 bits per heavy atom. The van der Waals surface area contributed by atoms with Crippen LogP contribution in [-0.2, 0) is 0 Å². The first-order chi connectivity index (χ1) is 6.25. The third-order valence-electron chi connectivity index (χ3n) is 2.36. The number of hydrogen-bond donors (Lipinski definition) is 0. The van der Waals surface area contributed by atoms with Crippen LogP contribution in [0, 0.1) is 6.92 Å². The molecule has 1 atom stereocenters. The summed E-state index contributed by atoms with van der Waals surface area (Å²) in [5, 5.41) is 0. The molecule has 0 N–H and O–H groups in total. The van der Waals surface area contributed by atoms with Crippen molar-refractivity contribution in [2.45, 2.75) is 18.2 Å². The highest BCUT2D eigenvalue weighted by molar-refractivity contribution is 9.09. The molecule has 2 nitrogen and oxygen atoms in total. The molecule has 2 rings (SSSR count). The second-order valence-electron chi connectivity index (χ2n) is 3.52. The monoisotopic (exact) mass is 240 g/mol. The normalized spacial score (nSPS) is 22.3. The van der Waals surface area contributed by atoms with Gasteiger partial charge in [-0.25, -0.2) is 4.98 Å². The summed E-state index contributed by atoms with van der Waals surface area (Å²) in [5.74, 6) is 1.11. The van der Waals surface area contributed by atoms with Crippen LogP contribution in [-0.4, -0.2) is 22.9 Å². The van der Waals surface area contributed by atoms with Crippen molar-refractivity contribution >= 4 is 21.7 Å². The molecule has 0 amide bonds. The molecule has 1 fully saturated rings. The third-order valence-corrected chi connectivity index (χ3v) is 3.10. The number of anilines is 1. The Kier molecular flexibility index (Phi) is 2.54. The molecule has 1 aromatic heterocycles. The van der Waals surface area contributed by atoms with Crippen molar-refractivity contribution in [1.82, 2.24) is 4.98 Å². The van der Waals surface area contributed by atoms with Crippen LogP contribution in [0.4, 0.5) is 5.82 Å². The van der Waals surface area contributed by atoms with Gasteiger partial charge in [-0.2, -0.15) is 0 Å². The highest BCUT2D eigenvalue weighted by Gasteiger charge is 2.20. The number of aromatic nitrogens is 1. The van der Waals surface area contributed by atoms with Gasteiger partial charge in [0, 0.05) is 24.1 Å². The summed E-state index contributed by atoms with van der Waals surface area (Å²) in [5.41, 5.74) is 1.28. The van der Waals surface area contributed by atoms with Crippen molar-refractivity contribution in [1.29, 1.82) is 0 Å². The highest BCUT2D eigenvalue weighted by Crippen LogP contribution is 2.22. The molecule has 0 spiro atoms. The predicted octanol–water partition coefficient (Wildman–Crippen LogP) is 2.36. The van der Waals surface area contributed by atoms with Crippen molar-refractivity contribution < 1.29 is 0 Å². The minimum Gasteiger partial charge on any atom is -0.355 e. The molecule has 0 aliphatic carbocycles. The van der Waals surface area contributed by atoms with Gasteiger partial charge >= 0.3 is 0 Å². The average molecular weight is 241 g/mol. The lowest BCUT2D eigenvalue weighted by molar-refractivity contribution is 0.936. The van der Waals surface area contributed by atoms with E-state index in [0.717, 1.165) is 18.9 Å². The van der Waals surface area contributed by atoms with E-state index in [1.54, 1.807) is 0 Å².